The molecule has 1 amide bonds. The Kier molecular flexibility index (Phi) is 8.32. The van der Waals surface area contributed by atoms with E-state index in [1.165, 1.54) is 14.2 Å². The average molecular weight is 398 g/mol. The fourth-order valence-electron chi connectivity index (χ4n) is 2.36. The molecule has 0 fully saturated rings. The van der Waals surface area contributed by atoms with Crippen molar-refractivity contribution in [3.05, 3.63) is 48.0 Å². The van der Waals surface area contributed by atoms with Crippen molar-refractivity contribution in [3.8, 4) is 23.3 Å². The molecule has 2 rings (SSSR count). The van der Waals surface area contributed by atoms with Crippen LogP contribution in [0, 0.1) is 11.3 Å². The van der Waals surface area contributed by atoms with E-state index >= 15 is 0 Å². The van der Waals surface area contributed by atoms with Crippen molar-refractivity contribution in [2.45, 2.75) is 12.8 Å². The third-order valence-electron chi connectivity index (χ3n) is 3.80. The molecule has 0 aliphatic rings. The second kappa shape index (κ2) is 11.2. The fourth-order valence-corrected chi connectivity index (χ4v) is 2.36. The molecule has 1 N–H and O–H groups in total. The Hall–Kier alpha value is -3.73. The van der Waals surface area contributed by atoms with Gasteiger partial charge in [-0.05, 0) is 30.7 Å². The van der Waals surface area contributed by atoms with Gasteiger partial charge in [-0.1, -0.05) is 6.07 Å². The molecule has 8 nitrogen and oxygen atoms in total. The maximum Gasteiger partial charge on any atom is 0.343 e. The first-order chi connectivity index (χ1) is 14.0. The van der Waals surface area contributed by atoms with Gasteiger partial charge in [-0.3, -0.25) is 4.79 Å². The summed E-state index contributed by atoms with van der Waals surface area (Å²) in [5, 5.41) is 11.7. The first-order valence-electron chi connectivity index (χ1n) is 8.86. The SMILES string of the molecule is COC(=O)COc1cccc(NC(=O)CCCOc2ccc(C#N)cc2OC)c1. The van der Waals surface area contributed by atoms with Crippen LogP contribution in [0.25, 0.3) is 0 Å². The number of nitrogens with one attached hydrogen (secondary N) is 1. The van der Waals surface area contributed by atoms with Crippen LogP contribution in [0.15, 0.2) is 42.5 Å². The van der Waals surface area contributed by atoms with Gasteiger partial charge >= 0.3 is 5.97 Å². The maximum atomic E-state index is 12.1. The number of nitrogens with zero attached hydrogens (tertiary/aromatic N) is 1. The normalized spacial score (nSPS) is 9.83. The molecule has 29 heavy (non-hydrogen) atoms. The van der Waals surface area contributed by atoms with Crippen LogP contribution in [0.1, 0.15) is 18.4 Å². The summed E-state index contributed by atoms with van der Waals surface area (Å²) in [6, 6.07) is 13.7. The van der Waals surface area contributed by atoms with E-state index in [1.54, 1.807) is 42.5 Å². The second-order valence-corrected chi connectivity index (χ2v) is 5.87. The summed E-state index contributed by atoms with van der Waals surface area (Å²) < 4.78 is 20.6. The zero-order valence-corrected chi connectivity index (χ0v) is 16.3. The molecule has 8 heteroatoms. The Bertz CT molecular complexity index is 891. The van der Waals surface area contributed by atoms with E-state index in [1.807, 2.05) is 6.07 Å². The van der Waals surface area contributed by atoms with Gasteiger partial charge in [0.15, 0.2) is 18.1 Å². The van der Waals surface area contributed by atoms with Crippen LogP contribution in [-0.4, -0.2) is 39.3 Å². The predicted molar refractivity (Wildman–Crippen MR) is 105 cm³/mol. The Morgan fingerprint density at radius 3 is 2.62 bits per heavy atom. The number of ether oxygens (including phenoxy) is 4. The Balaban J connectivity index is 1.78. The summed E-state index contributed by atoms with van der Waals surface area (Å²) in [4.78, 5) is 23.2. The van der Waals surface area contributed by atoms with Crippen molar-refractivity contribution in [1.82, 2.24) is 0 Å². The topological polar surface area (TPSA) is 107 Å². The highest BCUT2D eigenvalue weighted by Crippen LogP contribution is 2.28. The van der Waals surface area contributed by atoms with E-state index in [0.717, 1.165) is 0 Å². The molecular formula is C21H22N2O6. The number of esters is 1. The number of benzene rings is 2. The van der Waals surface area contributed by atoms with Crippen LogP contribution in [0.5, 0.6) is 17.2 Å². The maximum absolute atomic E-state index is 12.1. The van der Waals surface area contributed by atoms with Gasteiger partial charge in [-0.25, -0.2) is 4.79 Å². The summed E-state index contributed by atoms with van der Waals surface area (Å²) in [7, 11) is 2.78. The minimum absolute atomic E-state index is 0.175. The van der Waals surface area contributed by atoms with Gasteiger partial charge < -0.3 is 24.3 Å². The third-order valence-corrected chi connectivity index (χ3v) is 3.80. The van der Waals surface area contributed by atoms with E-state index < -0.39 is 5.97 Å². The minimum Gasteiger partial charge on any atom is -0.493 e. The van der Waals surface area contributed by atoms with Gasteiger partial charge in [0, 0.05) is 24.2 Å². The molecule has 0 heterocycles. The molecule has 2 aromatic rings. The summed E-state index contributed by atoms with van der Waals surface area (Å²) in [6.07, 6.45) is 0.749. The lowest BCUT2D eigenvalue weighted by Crippen LogP contribution is -2.14. The van der Waals surface area contributed by atoms with E-state index in [-0.39, 0.29) is 18.9 Å². The summed E-state index contributed by atoms with van der Waals surface area (Å²) in [6.45, 7) is 0.113. The van der Waals surface area contributed by atoms with Crippen molar-refractivity contribution < 1.29 is 28.5 Å². The molecule has 0 atom stereocenters. The molecule has 0 radical (unpaired) electrons. The molecule has 2 aromatic carbocycles. The van der Waals surface area contributed by atoms with E-state index in [2.05, 4.69) is 10.1 Å². The smallest absolute Gasteiger partial charge is 0.343 e. The largest absolute Gasteiger partial charge is 0.493 e. The number of methoxy groups -OCH3 is 2. The van der Waals surface area contributed by atoms with E-state index in [4.69, 9.17) is 19.5 Å². The van der Waals surface area contributed by atoms with Gasteiger partial charge in [-0.2, -0.15) is 5.26 Å². The number of hydrogen-bond acceptors (Lipinski definition) is 7. The van der Waals surface area contributed by atoms with Crippen LogP contribution < -0.4 is 19.5 Å². The van der Waals surface area contributed by atoms with Gasteiger partial charge in [0.25, 0.3) is 0 Å². The molecule has 0 saturated carbocycles. The van der Waals surface area contributed by atoms with Crippen molar-refractivity contribution in [3.63, 3.8) is 0 Å². The van der Waals surface area contributed by atoms with Crippen LogP contribution in [0.4, 0.5) is 5.69 Å². The Morgan fingerprint density at radius 2 is 1.90 bits per heavy atom. The molecule has 0 aromatic heterocycles. The van der Waals surface area contributed by atoms with Crippen LogP contribution in [-0.2, 0) is 14.3 Å². The van der Waals surface area contributed by atoms with Crippen LogP contribution >= 0.6 is 0 Å². The molecule has 0 unspecified atom stereocenters. The van der Waals surface area contributed by atoms with Gasteiger partial charge in [0.05, 0.1) is 32.5 Å². The lowest BCUT2D eigenvalue weighted by atomic mass is 10.2. The molecule has 0 aliphatic heterocycles. The standard InChI is InChI=1S/C21H22N2O6/c1-26-19-11-15(13-22)8-9-18(19)28-10-4-7-20(24)23-16-5-3-6-17(12-16)29-14-21(25)27-2/h3,5-6,8-9,11-12H,4,7,10,14H2,1-2H3,(H,23,24). The lowest BCUT2D eigenvalue weighted by molar-refractivity contribution is -0.142. The number of hydrogen-bond donors (Lipinski definition) is 1. The molecule has 0 aliphatic carbocycles. The first-order valence-corrected chi connectivity index (χ1v) is 8.86. The van der Waals surface area contributed by atoms with Gasteiger partial charge in [-0.15, -0.1) is 0 Å². The first kappa shape index (κ1) is 21.6. The van der Waals surface area contributed by atoms with Crippen LogP contribution in [0.3, 0.4) is 0 Å². The highest BCUT2D eigenvalue weighted by molar-refractivity contribution is 5.90. The molecule has 0 saturated heterocycles. The number of carbonyl (C=O) groups is 2. The number of anilines is 1. The number of rotatable bonds is 10. The molecule has 152 valence electrons. The number of carbonyl (C=O) groups excluding carboxylic acids is 2. The number of nitriles is 1. The zero-order valence-electron chi connectivity index (χ0n) is 16.3. The van der Waals surface area contributed by atoms with Gasteiger partial charge in [0.2, 0.25) is 5.91 Å². The predicted octanol–water partition coefficient (Wildman–Crippen LogP) is 2.92. The van der Waals surface area contributed by atoms with Crippen molar-refractivity contribution in [2.24, 2.45) is 0 Å². The summed E-state index contributed by atoms with van der Waals surface area (Å²) in [5.41, 5.74) is 1.04. The quantitative estimate of drug-likeness (QED) is 0.484. The van der Waals surface area contributed by atoms with Crippen LogP contribution in [0.2, 0.25) is 0 Å². The average Bonchev–Trinajstić information content (AvgIpc) is 2.75. The van der Waals surface area contributed by atoms with Crippen molar-refractivity contribution in [2.75, 3.05) is 32.8 Å². The van der Waals surface area contributed by atoms with Crippen molar-refractivity contribution in [1.29, 1.82) is 5.26 Å². The van der Waals surface area contributed by atoms with E-state index in [0.29, 0.717) is 41.5 Å². The van der Waals surface area contributed by atoms with Crippen molar-refractivity contribution >= 4 is 17.6 Å². The fraction of sp³-hybridized carbons (Fsp3) is 0.286. The molecule has 0 bridgehead atoms. The Morgan fingerprint density at radius 1 is 1.07 bits per heavy atom. The molecular weight excluding hydrogens is 376 g/mol. The third kappa shape index (κ3) is 7.07. The minimum atomic E-state index is -0.488. The number of amides is 1. The summed E-state index contributed by atoms with van der Waals surface area (Å²) >= 11 is 0. The lowest BCUT2D eigenvalue weighted by Gasteiger charge is -2.11. The summed E-state index contributed by atoms with van der Waals surface area (Å²) in [5.74, 6) is 0.771. The second-order valence-electron chi connectivity index (χ2n) is 5.87. The van der Waals surface area contributed by atoms with E-state index in [9.17, 15) is 9.59 Å². The van der Waals surface area contributed by atoms with Gasteiger partial charge in [0.1, 0.15) is 5.75 Å². The zero-order chi connectivity index (χ0) is 21.1. The monoisotopic (exact) mass is 398 g/mol. The highest BCUT2D eigenvalue weighted by atomic mass is 16.6. The highest BCUT2D eigenvalue weighted by Gasteiger charge is 2.08. The molecule has 0 spiro atoms. The Labute approximate surface area is 168 Å².